The zero-order valence-corrected chi connectivity index (χ0v) is 19.4. The second-order valence-corrected chi connectivity index (χ2v) is 8.82. The number of amides is 2. The number of aliphatic carboxylic acids is 1. The average molecular weight is 471 g/mol. The molecule has 178 valence electrons. The molecule has 1 aliphatic carbocycles. The lowest BCUT2D eigenvalue weighted by Crippen LogP contribution is -2.52. The van der Waals surface area contributed by atoms with E-state index in [1.165, 1.54) is 6.08 Å². The second kappa shape index (κ2) is 9.85. The summed E-state index contributed by atoms with van der Waals surface area (Å²) >= 11 is 0. The van der Waals surface area contributed by atoms with Crippen LogP contribution in [0, 0.1) is 0 Å². The van der Waals surface area contributed by atoms with Crippen LogP contribution in [0.15, 0.2) is 78.9 Å². The molecule has 3 N–H and O–H groups in total. The number of carboxylic acid groups (broad SMARTS) is 1. The Bertz CT molecular complexity index is 1250. The van der Waals surface area contributed by atoms with Crippen molar-refractivity contribution < 1.29 is 24.2 Å². The van der Waals surface area contributed by atoms with Gasteiger partial charge in [0.05, 0.1) is 0 Å². The molecule has 0 aliphatic heterocycles. The van der Waals surface area contributed by atoms with Gasteiger partial charge in [-0.15, -0.1) is 0 Å². The van der Waals surface area contributed by atoms with E-state index in [2.05, 4.69) is 22.8 Å². The maximum atomic E-state index is 12.8. The Kier molecular flexibility index (Phi) is 6.68. The molecule has 0 aromatic heterocycles. The highest BCUT2D eigenvalue weighted by molar-refractivity contribution is 5.99. The molecule has 0 unspecified atom stereocenters. The first-order chi connectivity index (χ1) is 16.7. The number of rotatable bonds is 7. The van der Waals surface area contributed by atoms with E-state index >= 15 is 0 Å². The van der Waals surface area contributed by atoms with Gasteiger partial charge in [-0.2, -0.15) is 0 Å². The van der Waals surface area contributed by atoms with Crippen LogP contribution in [0.25, 0.3) is 17.2 Å². The summed E-state index contributed by atoms with van der Waals surface area (Å²) < 4.78 is 5.55. The first-order valence-electron chi connectivity index (χ1n) is 11.2. The van der Waals surface area contributed by atoms with E-state index < -0.39 is 23.5 Å². The normalized spacial score (nSPS) is 12.6. The van der Waals surface area contributed by atoms with Crippen LogP contribution in [0.4, 0.5) is 10.5 Å². The third-order valence-corrected chi connectivity index (χ3v) is 5.91. The van der Waals surface area contributed by atoms with E-state index in [1.54, 1.807) is 38.1 Å². The highest BCUT2D eigenvalue weighted by Gasteiger charge is 2.32. The van der Waals surface area contributed by atoms with Gasteiger partial charge in [-0.3, -0.25) is 4.79 Å². The van der Waals surface area contributed by atoms with Crippen molar-refractivity contribution in [2.45, 2.75) is 25.3 Å². The van der Waals surface area contributed by atoms with Gasteiger partial charge in [-0.05, 0) is 59.9 Å². The number of fused-ring (bicyclic) bond motifs is 3. The number of carboxylic acids is 1. The molecular weight excluding hydrogens is 444 g/mol. The lowest BCUT2D eigenvalue weighted by molar-refractivity contribution is -0.131. The van der Waals surface area contributed by atoms with Gasteiger partial charge in [0.15, 0.2) is 0 Å². The summed E-state index contributed by atoms with van der Waals surface area (Å²) in [7, 11) is 0. The average Bonchev–Trinajstić information content (AvgIpc) is 3.15. The van der Waals surface area contributed by atoms with Gasteiger partial charge in [0.25, 0.3) is 0 Å². The summed E-state index contributed by atoms with van der Waals surface area (Å²) in [6.07, 6.45) is 1.81. The van der Waals surface area contributed by atoms with Crippen molar-refractivity contribution in [3.05, 3.63) is 95.6 Å². The minimum absolute atomic E-state index is 0.0706. The summed E-state index contributed by atoms with van der Waals surface area (Å²) in [5.74, 6) is -1.53. The molecule has 3 aromatic rings. The predicted octanol–water partition coefficient (Wildman–Crippen LogP) is 5.04. The minimum Gasteiger partial charge on any atom is -0.478 e. The predicted molar refractivity (Wildman–Crippen MR) is 134 cm³/mol. The zero-order chi connectivity index (χ0) is 25.0. The Morgan fingerprint density at radius 3 is 2.06 bits per heavy atom. The molecule has 0 saturated heterocycles. The Balaban J connectivity index is 1.35. The largest absolute Gasteiger partial charge is 0.478 e. The Labute approximate surface area is 203 Å². The molecule has 1 aliphatic rings. The van der Waals surface area contributed by atoms with Crippen LogP contribution in [-0.2, 0) is 14.3 Å². The third kappa shape index (κ3) is 5.41. The fraction of sp³-hybridized carbons (Fsp3) is 0.179. The van der Waals surface area contributed by atoms with Crippen LogP contribution < -0.4 is 10.6 Å². The molecule has 4 rings (SSSR count). The number of hydrogen-bond acceptors (Lipinski definition) is 4. The van der Waals surface area contributed by atoms with Gasteiger partial charge in [-0.1, -0.05) is 60.7 Å². The van der Waals surface area contributed by atoms with Gasteiger partial charge in [0.2, 0.25) is 5.91 Å². The van der Waals surface area contributed by atoms with Crippen LogP contribution in [-0.4, -0.2) is 35.2 Å². The van der Waals surface area contributed by atoms with Crippen molar-refractivity contribution in [2.75, 3.05) is 11.9 Å². The molecular formula is C28H26N2O5. The van der Waals surface area contributed by atoms with Gasteiger partial charge in [0, 0.05) is 17.7 Å². The van der Waals surface area contributed by atoms with Crippen LogP contribution in [0.5, 0.6) is 0 Å². The fourth-order valence-electron chi connectivity index (χ4n) is 4.08. The van der Waals surface area contributed by atoms with E-state index in [0.29, 0.717) is 11.3 Å². The molecule has 0 fully saturated rings. The molecule has 7 nitrogen and oxygen atoms in total. The van der Waals surface area contributed by atoms with Crippen LogP contribution in [0.3, 0.4) is 0 Å². The van der Waals surface area contributed by atoms with Crippen molar-refractivity contribution >= 4 is 29.7 Å². The lowest BCUT2D eigenvalue weighted by atomic mass is 9.98. The molecule has 0 bridgehead atoms. The fourth-order valence-corrected chi connectivity index (χ4v) is 4.08. The SMILES string of the molecule is CC(C)(NC(=O)OCC1c2ccccc2-c2ccccc21)C(=O)Nc1ccc(/C=C/C(=O)O)cc1. The molecule has 7 heteroatoms. The summed E-state index contributed by atoms with van der Waals surface area (Å²) in [6, 6.07) is 22.8. The zero-order valence-electron chi connectivity index (χ0n) is 19.4. The third-order valence-electron chi connectivity index (χ3n) is 5.91. The summed E-state index contributed by atoms with van der Waals surface area (Å²) in [4.78, 5) is 36.0. The van der Waals surface area contributed by atoms with Crippen LogP contribution >= 0.6 is 0 Å². The first-order valence-corrected chi connectivity index (χ1v) is 11.2. The molecule has 0 atom stereocenters. The van der Waals surface area contributed by atoms with Gasteiger partial charge < -0.3 is 20.5 Å². The Hall–Kier alpha value is -4.39. The number of benzene rings is 3. The molecule has 2 amide bonds. The summed E-state index contributed by atoms with van der Waals surface area (Å²) in [5, 5.41) is 14.1. The number of ether oxygens (including phenoxy) is 1. The van der Waals surface area contributed by atoms with E-state index in [9.17, 15) is 14.4 Å². The van der Waals surface area contributed by atoms with Crippen LogP contribution in [0.2, 0.25) is 0 Å². The highest BCUT2D eigenvalue weighted by atomic mass is 16.5. The number of carbonyl (C=O) groups is 3. The summed E-state index contributed by atoms with van der Waals surface area (Å²) in [5.41, 5.74) is 4.47. The van der Waals surface area contributed by atoms with E-state index in [-0.39, 0.29) is 12.5 Å². The van der Waals surface area contributed by atoms with Crippen molar-refractivity contribution in [1.29, 1.82) is 0 Å². The maximum Gasteiger partial charge on any atom is 0.408 e. The van der Waals surface area contributed by atoms with Gasteiger partial charge in [0.1, 0.15) is 12.1 Å². The molecule has 0 heterocycles. The van der Waals surface area contributed by atoms with E-state index in [4.69, 9.17) is 9.84 Å². The Morgan fingerprint density at radius 2 is 1.49 bits per heavy atom. The molecule has 0 saturated carbocycles. The van der Waals surface area contributed by atoms with Crippen molar-refractivity contribution in [1.82, 2.24) is 5.32 Å². The molecule has 3 aromatic carbocycles. The van der Waals surface area contributed by atoms with Gasteiger partial charge in [-0.25, -0.2) is 9.59 Å². The lowest BCUT2D eigenvalue weighted by Gasteiger charge is -2.25. The first kappa shape index (κ1) is 23.8. The molecule has 0 radical (unpaired) electrons. The smallest absolute Gasteiger partial charge is 0.408 e. The van der Waals surface area contributed by atoms with Crippen LogP contribution in [0.1, 0.15) is 36.5 Å². The molecule has 0 spiro atoms. The van der Waals surface area contributed by atoms with E-state index in [0.717, 1.165) is 28.3 Å². The van der Waals surface area contributed by atoms with Crippen molar-refractivity contribution in [3.63, 3.8) is 0 Å². The minimum atomic E-state index is -1.23. The van der Waals surface area contributed by atoms with Gasteiger partial charge >= 0.3 is 12.1 Å². The van der Waals surface area contributed by atoms with Crippen molar-refractivity contribution in [2.24, 2.45) is 0 Å². The number of anilines is 1. The molecule has 35 heavy (non-hydrogen) atoms. The number of alkyl carbamates (subject to hydrolysis) is 1. The maximum absolute atomic E-state index is 12.8. The number of carbonyl (C=O) groups excluding carboxylic acids is 2. The highest BCUT2D eigenvalue weighted by Crippen LogP contribution is 2.44. The van der Waals surface area contributed by atoms with Crippen molar-refractivity contribution in [3.8, 4) is 11.1 Å². The summed E-state index contributed by atoms with van der Waals surface area (Å²) in [6.45, 7) is 3.34. The van der Waals surface area contributed by atoms with E-state index in [1.807, 2.05) is 36.4 Å². The second-order valence-electron chi connectivity index (χ2n) is 8.82. The Morgan fingerprint density at radius 1 is 0.914 bits per heavy atom. The number of hydrogen-bond donors (Lipinski definition) is 3. The number of nitrogens with one attached hydrogen (secondary N) is 2. The quantitative estimate of drug-likeness (QED) is 0.420. The monoisotopic (exact) mass is 470 g/mol. The topological polar surface area (TPSA) is 105 Å². The standard InChI is InChI=1S/C28H26N2O5/c1-28(2,26(33)29-19-14-11-18(12-15-19)13-16-25(31)32)30-27(34)35-17-24-22-9-5-3-7-20(22)21-8-4-6-10-23(21)24/h3-16,24H,17H2,1-2H3,(H,29,33)(H,30,34)(H,31,32)/b16-13+.